The number of amides is 1. The number of benzene rings is 1. The molecule has 8 heteroatoms. The Labute approximate surface area is 171 Å². The first-order valence-corrected chi connectivity index (χ1v) is 10.4. The molecule has 1 aromatic rings. The number of aliphatic imine (C=N–C) groups is 1. The predicted octanol–water partition coefficient (Wildman–Crippen LogP) is 4.06. The number of hydrogen-bond acceptors (Lipinski definition) is 6. The van der Waals surface area contributed by atoms with Gasteiger partial charge in [-0.2, -0.15) is 0 Å². The number of nitrogens with zero attached hydrogens (tertiary/aromatic N) is 2. The fraction of sp³-hybridized carbons (Fsp3) is 0.421. The largest absolute Gasteiger partial charge is 0.496 e. The Morgan fingerprint density at radius 3 is 2.81 bits per heavy atom. The molecule has 0 radical (unpaired) electrons. The van der Waals surface area contributed by atoms with E-state index in [2.05, 4.69) is 20.9 Å². The SMILES string of the molecule is COc1ccc(Br)cc1C1C(C(=O)OC(C)C)=C(C)N=C2SCCC(=O)N21. The average molecular weight is 453 g/mol. The van der Waals surface area contributed by atoms with Crippen LogP contribution in [0.2, 0.25) is 0 Å². The van der Waals surface area contributed by atoms with E-state index in [-0.39, 0.29) is 12.0 Å². The van der Waals surface area contributed by atoms with Crippen molar-refractivity contribution in [1.82, 2.24) is 4.90 Å². The van der Waals surface area contributed by atoms with Gasteiger partial charge >= 0.3 is 5.97 Å². The van der Waals surface area contributed by atoms with Gasteiger partial charge in [0.2, 0.25) is 5.91 Å². The molecule has 0 bridgehead atoms. The van der Waals surface area contributed by atoms with Gasteiger partial charge in [-0.25, -0.2) is 9.79 Å². The molecule has 0 spiro atoms. The van der Waals surface area contributed by atoms with Crippen molar-refractivity contribution in [3.8, 4) is 5.75 Å². The quantitative estimate of drug-likeness (QED) is 0.644. The highest BCUT2D eigenvalue weighted by Crippen LogP contribution is 2.44. The normalized spacial score (nSPS) is 19.8. The molecule has 27 heavy (non-hydrogen) atoms. The monoisotopic (exact) mass is 452 g/mol. The number of ether oxygens (including phenoxy) is 2. The first kappa shape index (κ1) is 19.9. The summed E-state index contributed by atoms with van der Waals surface area (Å²) in [6.45, 7) is 5.36. The Bertz CT molecular complexity index is 850. The minimum absolute atomic E-state index is 0.0677. The van der Waals surface area contributed by atoms with E-state index in [0.717, 1.165) is 4.47 Å². The Morgan fingerprint density at radius 1 is 1.41 bits per heavy atom. The molecule has 2 heterocycles. The van der Waals surface area contributed by atoms with Crippen molar-refractivity contribution in [1.29, 1.82) is 0 Å². The van der Waals surface area contributed by atoms with Crippen LogP contribution in [0.5, 0.6) is 5.75 Å². The number of rotatable bonds is 4. The number of fused-ring (bicyclic) bond motifs is 1. The van der Waals surface area contributed by atoms with Crippen molar-refractivity contribution in [3.05, 3.63) is 39.5 Å². The molecule has 6 nitrogen and oxygen atoms in total. The van der Waals surface area contributed by atoms with Crippen LogP contribution in [0.3, 0.4) is 0 Å². The minimum Gasteiger partial charge on any atom is -0.496 e. The topological polar surface area (TPSA) is 68.2 Å². The lowest BCUT2D eigenvalue weighted by Crippen LogP contribution is -2.46. The van der Waals surface area contributed by atoms with Gasteiger partial charge in [-0.1, -0.05) is 27.7 Å². The Balaban J connectivity index is 2.21. The molecule has 1 fully saturated rings. The second kappa shape index (κ2) is 8.06. The zero-order valence-corrected chi connectivity index (χ0v) is 18.0. The van der Waals surface area contributed by atoms with Gasteiger partial charge in [-0.05, 0) is 39.0 Å². The molecule has 144 valence electrons. The lowest BCUT2D eigenvalue weighted by molar-refractivity contribution is -0.143. The maximum absolute atomic E-state index is 12.9. The highest BCUT2D eigenvalue weighted by atomic mass is 79.9. The van der Waals surface area contributed by atoms with E-state index in [9.17, 15) is 9.59 Å². The molecule has 0 saturated carbocycles. The van der Waals surface area contributed by atoms with Gasteiger partial charge in [0.05, 0.1) is 24.5 Å². The van der Waals surface area contributed by atoms with Crippen LogP contribution in [0.4, 0.5) is 0 Å². The van der Waals surface area contributed by atoms with Gasteiger partial charge in [-0.3, -0.25) is 9.69 Å². The molecule has 3 rings (SSSR count). The molecular formula is C19H21BrN2O4S. The fourth-order valence-electron chi connectivity index (χ4n) is 3.15. The molecule has 0 aromatic heterocycles. The van der Waals surface area contributed by atoms with Gasteiger partial charge < -0.3 is 9.47 Å². The third-order valence-corrected chi connectivity index (χ3v) is 5.70. The predicted molar refractivity (Wildman–Crippen MR) is 109 cm³/mol. The summed E-state index contributed by atoms with van der Waals surface area (Å²) in [7, 11) is 1.57. The second-order valence-corrected chi connectivity index (χ2v) is 8.48. The third-order valence-electron chi connectivity index (χ3n) is 4.26. The van der Waals surface area contributed by atoms with E-state index in [0.29, 0.717) is 39.9 Å². The zero-order chi connectivity index (χ0) is 19.7. The summed E-state index contributed by atoms with van der Waals surface area (Å²) in [5.74, 6) is 0.730. The number of esters is 1. The second-order valence-electron chi connectivity index (χ2n) is 6.50. The highest BCUT2D eigenvalue weighted by molar-refractivity contribution is 9.10. The summed E-state index contributed by atoms with van der Waals surface area (Å²) in [5.41, 5.74) is 1.63. The van der Waals surface area contributed by atoms with Crippen LogP contribution in [0.25, 0.3) is 0 Å². The molecular weight excluding hydrogens is 432 g/mol. The number of hydrogen-bond donors (Lipinski definition) is 0. The van der Waals surface area contributed by atoms with Crippen molar-refractivity contribution in [2.75, 3.05) is 12.9 Å². The maximum Gasteiger partial charge on any atom is 0.338 e. The van der Waals surface area contributed by atoms with E-state index in [4.69, 9.17) is 9.47 Å². The number of carbonyl (C=O) groups excluding carboxylic acids is 2. The standard InChI is InChI=1S/C19H21BrN2O4S/c1-10(2)26-18(24)16-11(3)21-19-22(15(23)7-8-27-19)17(16)13-9-12(20)5-6-14(13)25-4/h5-6,9-10,17H,7-8H2,1-4H3. The lowest BCUT2D eigenvalue weighted by atomic mass is 9.93. The van der Waals surface area contributed by atoms with Crippen LogP contribution in [-0.2, 0) is 14.3 Å². The van der Waals surface area contributed by atoms with Gasteiger partial charge in [-0.15, -0.1) is 0 Å². The summed E-state index contributed by atoms with van der Waals surface area (Å²) in [6.07, 6.45) is 0.113. The van der Waals surface area contributed by atoms with Crippen LogP contribution in [0.15, 0.2) is 38.9 Å². The highest BCUT2D eigenvalue weighted by Gasteiger charge is 2.43. The Kier molecular flexibility index (Phi) is 5.95. The lowest BCUT2D eigenvalue weighted by Gasteiger charge is -2.39. The third kappa shape index (κ3) is 3.91. The molecule has 1 aromatic carbocycles. The molecule has 1 atom stereocenters. The first-order valence-electron chi connectivity index (χ1n) is 8.62. The molecule has 0 aliphatic carbocycles. The van der Waals surface area contributed by atoms with Crippen LogP contribution in [-0.4, -0.2) is 40.9 Å². The number of allylic oxidation sites excluding steroid dienone is 1. The summed E-state index contributed by atoms with van der Waals surface area (Å²) in [6, 6.07) is 4.90. The van der Waals surface area contributed by atoms with E-state index in [1.165, 1.54) is 11.8 Å². The minimum atomic E-state index is -0.642. The smallest absolute Gasteiger partial charge is 0.338 e. The maximum atomic E-state index is 12.9. The van der Waals surface area contributed by atoms with Gasteiger partial charge in [0.1, 0.15) is 11.8 Å². The number of halogens is 1. The average Bonchev–Trinajstić information content (AvgIpc) is 2.60. The van der Waals surface area contributed by atoms with E-state index >= 15 is 0 Å². The number of methoxy groups -OCH3 is 1. The van der Waals surface area contributed by atoms with Gasteiger partial charge in [0.15, 0.2) is 5.17 Å². The van der Waals surface area contributed by atoms with Crippen LogP contribution in [0, 0.1) is 0 Å². The van der Waals surface area contributed by atoms with Crippen molar-refractivity contribution in [2.24, 2.45) is 4.99 Å². The Morgan fingerprint density at radius 2 is 2.15 bits per heavy atom. The Hall–Kier alpha value is -1.80. The van der Waals surface area contributed by atoms with E-state index < -0.39 is 12.0 Å². The van der Waals surface area contributed by atoms with Crippen molar-refractivity contribution in [3.63, 3.8) is 0 Å². The fourth-order valence-corrected chi connectivity index (χ4v) is 4.53. The van der Waals surface area contributed by atoms with Crippen LogP contribution in [0.1, 0.15) is 38.8 Å². The van der Waals surface area contributed by atoms with E-state index in [1.54, 1.807) is 32.8 Å². The number of carbonyl (C=O) groups is 2. The van der Waals surface area contributed by atoms with Crippen molar-refractivity contribution in [2.45, 2.75) is 39.3 Å². The molecule has 0 N–H and O–H groups in total. The summed E-state index contributed by atoms with van der Waals surface area (Å²) in [5, 5.41) is 0.608. The summed E-state index contributed by atoms with van der Waals surface area (Å²) in [4.78, 5) is 31.8. The zero-order valence-electron chi connectivity index (χ0n) is 15.6. The van der Waals surface area contributed by atoms with E-state index in [1.807, 2.05) is 18.2 Å². The van der Waals surface area contributed by atoms with Crippen molar-refractivity contribution < 1.29 is 19.1 Å². The van der Waals surface area contributed by atoms with Gasteiger partial charge in [0.25, 0.3) is 0 Å². The number of amidine groups is 1. The summed E-state index contributed by atoms with van der Waals surface area (Å²) >= 11 is 5.00. The number of thioether (sulfide) groups is 1. The molecule has 2 aliphatic rings. The van der Waals surface area contributed by atoms with Gasteiger partial charge in [0, 0.05) is 22.2 Å². The van der Waals surface area contributed by atoms with Crippen molar-refractivity contribution >= 4 is 44.7 Å². The van der Waals surface area contributed by atoms with Crippen LogP contribution >= 0.6 is 27.7 Å². The molecule has 1 saturated heterocycles. The molecule has 1 unspecified atom stereocenters. The van der Waals surface area contributed by atoms with Crippen LogP contribution < -0.4 is 4.74 Å². The molecule has 2 aliphatic heterocycles. The molecule has 1 amide bonds. The first-order chi connectivity index (χ1) is 12.8. The summed E-state index contributed by atoms with van der Waals surface area (Å²) < 4.78 is 11.8.